The summed E-state index contributed by atoms with van der Waals surface area (Å²) in [6, 6.07) is 0. The van der Waals surface area contributed by atoms with Gasteiger partial charge in [0.05, 0.1) is 25.8 Å². The number of rotatable bonds is 0. The minimum absolute atomic E-state index is 0.958. The Morgan fingerprint density at radius 3 is 1.55 bits per heavy atom. The molecule has 4 aliphatic rings. The van der Waals surface area contributed by atoms with Crippen LogP contribution in [0.15, 0.2) is 15.1 Å². The van der Waals surface area contributed by atoms with E-state index in [-0.39, 0.29) is 0 Å². The minimum atomic E-state index is 0.958. The smallest absolute Gasteiger partial charge is 0.0825 e. The van der Waals surface area contributed by atoms with Gasteiger partial charge in [-0.3, -0.25) is 9.98 Å². The first-order chi connectivity index (χ1) is 10.0. The van der Waals surface area contributed by atoms with Crippen LogP contribution >= 0.6 is 0 Å². The number of nitrogens with one attached hydrogen (secondary N) is 5. The van der Waals surface area contributed by atoms with Crippen molar-refractivity contribution >= 4 is 18.9 Å². The van der Waals surface area contributed by atoms with Crippen LogP contribution in [-0.4, -0.2) is 71.4 Å². The van der Waals surface area contributed by atoms with Crippen LogP contribution in [0.1, 0.15) is 6.42 Å². The Morgan fingerprint density at radius 1 is 0.750 bits per heavy atom. The highest BCUT2D eigenvalue weighted by Gasteiger charge is 1.90. The van der Waals surface area contributed by atoms with Crippen molar-refractivity contribution in [3.63, 3.8) is 0 Å². The van der Waals surface area contributed by atoms with E-state index >= 15 is 0 Å². The first-order valence-corrected chi connectivity index (χ1v) is 7.09. The van der Waals surface area contributed by atoms with Gasteiger partial charge in [0.25, 0.3) is 0 Å². The fourth-order valence-corrected chi connectivity index (χ4v) is 1.41. The van der Waals surface area contributed by atoms with E-state index < -0.39 is 0 Å². The van der Waals surface area contributed by atoms with Gasteiger partial charge in [-0.2, -0.15) is 5.10 Å². The lowest BCUT2D eigenvalue weighted by molar-refractivity contribution is 0.807. The Balaban J connectivity index is 0.000000133. The summed E-state index contributed by atoms with van der Waals surface area (Å²) in [4.78, 5) is 7.69. The van der Waals surface area contributed by atoms with E-state index in [1.54, 1.807) is 12.7 Å². The van der Waals surface area contributed by atoms with E-state index in [0.717, 1.165) is 58.9 Å². The summed E-state index contributed by atoms with van der Waals surface area (Å²) in [7, 11) is 0. The number of hydrogen-bond acceptors (Lipinski definition) is 8. The molecule has 8 heteroatoms. The molecule has 0 aromatic heterocycles. The third kappa shape index (κ3) is 11.4. The predicted molar refractivity (Wildman–Crippen MR) is 84.7 cm³/mol. The van der Waals surface area contributed by atoms with Crippen LogP contribution in [0.5, 0.6) is 0 Å². The zero-order valence-corrected chi connectivity index (χ0v) is 11.9. The van der Waals surface area contributed by atoms with Gasteiger partial charge in [0.2, 0.25) is 0 Å². The maximum Gasteiger partial charge on any atom is 0.0825 e. The van der Waals surface area contributed by atoms with Crippen molar-refractivity contribution in [3.05, 3.63) is 0 Å². The summed E-state index contributed by atoms with van der Waals surface area (Å²) in [5, 5.41) is 15.8. The van der Waals surface area contributed by atoms with E-state index in [1.807, 2.05) is 6.21 Å². The largest absolute Gasteiger partial charge is 0.375 e. The minimum Gasteiger partial charge on any atom is -0.375 e. The van der Waals surface area contributed by atoms with E-state index in [2.05, 4.69) is 41.8 Å². The van der Waals surface area contributed by atoms with Gasteiger partial charge in [-0.1, -0.05) is 0 Å². The third-order valence-electron chi connectivity index (χ3n) is 2.43. The summed E-state index contributed by atoms with van der Waals surface area (Å²) in [6.07, 6.45) is 6.44. The summed E-state index contributed by atoms with van der Waals surface area (Å²) in [5.41, 5.74) is 2.79. The number of hydrazone groups is 1. The third-order valence-corrected chi connectivity index (χ3v) is 2.43. The maximum absolute atomic E-state index is 3.85. The average Bonchev–Trinajstić information content (AvgIpc) is 3.40. The highest BCUT2D eigenvalue weighted by molar-refractivity contribution is 5.58. The first kappa shape index (κ1) is 16.4. The first-order valence-electron chi connectivity index (χ1n) is 7.09. The standard InChI is InChI=1S/C3H8N2.3C3H6N2/c3*1-2-5-3-4-1;1-2-4-5-3-1/h4-5H,1-3H2;2*3H,1-2H2,(H,4,5);2,5H,1,3H2. The van der Waals surface area contributed by atoms with Crippen LogP contribution in [-0.2, 0) is 0 Å². The fraction of sp³-hybridized carbons (Fsp3) is 0.750. The SMILES string of the molecule is C1=NCCN1.C1=NCCN1.C1=NNCC1.C1CNCN1. The molecule has 4 rings (SSSR count). The molecule has 0 bridgehead atoms. The van der Waals surface area contributed by atoms with Gasteiger partial charge in [0.15, 0.2) is 0 Å². The quantitative estimate of drug-likeness (QED) is 0.366. The van der Waals surface area contributed by atoms with Gasteiger partial charge < -0.3 is 26.7 Å². The van der Waals surface area contributed by atoms with Crippen molar-refractivity contribution in [2.45, 2.75) is 6.42 Å². The molecule has 1 fully saturated rings. The average molecular weight is 282 g/mol. The molecule has 0 unspecified atom stereocenters. The fourth-order valence-electron chi connectivity index (χ4n) is 1.41. The lowest BCUT2D eigenvalue weighted by atomic mass is 10.5. The predicted octanol–water partition coefficient (Wildman–Crippen LogP) is -1.66. The molecule has 20 heavy (non-hydrogen) atoms. The molecule has 4 heterocycles. The second-order valence-electron chi connectivity index (χ2n) is 4.16. The number of hydrogen-bond donors (Lipinski definition) is 5. The van der Waals surface area contributed by atoms with E-state index in [4.69, 9.17) is 0 Å². The second-order valence-corrected chi connectivity index (χ2v) is 4.16. The van der Waals surface area contributed by atoms with Gasteiger partial charge in [-0.25, -0.2) is 0 Å². The van der Waals surface area contributed by atoms with Crippen LogP contribution in [0.25, 0.3) is 0 Å². The molecule has 0 aliphatic carbocycles. The van der Waals surface area contributed by atoms with Crippen molar-refractivity contribution in [2.24, 2.45) is 15.1 Å². The summed E-state index contributed by atoms with van der Waals surface area (Å²) >= 11 is 0. The maximum atomic E-state index is 3.85. The van der Waals surface area contributed by atoms with Crippen molar-refractivity contribution < 1.29 is 0 Å². The normalized spacial score (nSPS) is 20.4. The van der Waals surface area contributed by atoms with Gasteiger partial charge in [0, 0.05) is 52.0 Å². The molecule has 8 nitrogen and oxygen atoms in total. The van der Waals surface area contributed by atoms with E-state index in [9.17, 15) is 0 Å². The molecule has 0 amide bonds. The van der Waals surface area contributed by atoms with Gasteiger partial charge >= 0.3 is 0 Å². The van der Waals surface area contributed by atoms with Crippen LogP contribution in [0, 0.1) is 0 Å². The molecule has 0 radical (unpaired) electrons. The van der Waals surface area contributed by atoms with Crippen LogP contribution in [0.2, 0.25) is 0 Å². The summed E-state index contributed by atoms with van der Waals surface area (Å²) in [6.45, 7) is 8.28. The molecule has 0 atom stereocenters. The number of aliphatic imine (C=N–C) groups is 2. The topological polar surface area (TPSA) is 97.2 Å². The van der Waals surface area contributed by atoms with Crippen LogP contribution in [0.4, 0.5) is 0 Å². The van der Waals surface area contributed by atoms with Crippen molar-refractivity contribution in [1.29, 1.82) is 0 Å². The van der Waals surface area contributed by atoms with Gasteiger partial charge in [-0.15, -0.1) is 0 Å². The second kappa shape index (κ2) is 13.8. The molecule has 1 saturated heterocycles. The van der Waals surface area contributed by atoms with Crippen molar-refractivity contribution in [2.75, 3.05) is 52.5 Å². The molecular formula is C12H26N8. The summed E-state index contributed by atoms with van der Waals surface area (Å²) < 4.78 is 0. The zero-order valence-electron chi connectivity index (χ0n) is 11.9. The number of nitrogens with zero attached hydrogens (tertiary/aromatic N) is 3. The highest BCUT2D eigenvalue weighted by atomic mass is 15.3. The Labute approximate surface area is 120 Å². The molecule has 0 aromatic carbocycles. The molecule has 0 aromatic rings. The highest BCUT2D eigenvalue weighted by Crippen LogP contribution is 1.75. The van der Waals surface area contributed by atoms with Gasteiger partial charge in [0.1, 0.15) is 0 Å². The van der Waals surface area contributed by atoms with E-state index in [0.29, 0.717) is 0 Å². The molecule has 4 aliphatic heterocycles. The molecule has 5 N–H and O–H groups in total. The summed E-state index contributed by atoms with van der Waals surface area (Å²) in [5.74, 6) is 0. The lowest BCUT2D eigenvalue weighted by Crippen LogP contribution is -2.11. The van der Waals surface area contributed by atoms with Crippen LogP contribution in [0.3, 0.4) is 0 Å². The molecule has 0 spiro atoms. The molecular weight excluding hydrogens is 256 g/mol. The Kier molecular flexibility index (Phi) is 11.3. The van der Waals surface area contributed by atoms with Crippen molar-refractivity contribution in [1.82, 2.24) is 26.7 Å². The van der Waals surface area contributed by atoms with Crippen LogP contribution < -0.4 is 26.7 Å². The van der Waals surface area contributed by atoms with E-state index in [1.165, 1.54) is 0 Å². The molecule has 114 valence electrons. The van der Waals surface area contributed by atoms with Gasteiger partial charge in [-0.05, 0) is 0 Å². The Bertz CT molecular complexity index is 222. The lowest BCUT2D eigenvalue weighted by Gasteiger charge is -1.77. The monoisotopic (exact) mass is 282 g/mol. The Morgan fingerprint density at radius 2 is 1.40 bits per heavy atom. The zero-order chi connectivity index (χ0) is 14.1. The Hall–Kier alpha value is -1.67. The molecule has 0 saturated carbocycles. The van der Waals surface area contributed by atoms with Crippen molar-refractivity contribution in [3.8, 4) is 0 Å².